The molecule has 1 saturated heterocycles. The molecule has 248 valence electrons. The Morgan fingerprint density at radius 2 is 1.70 bits per heavy atom. The van der Waals surface area contributed by atoms with Gasteiger partial charge in [-0.1, -0.05) is 50.0 Å². The second kappa shape index (κ2) is 12.1. The maximum Gasteiger partial charge on any atom is 0.391 e. The maximum atomic E-state index is 13.7. The van der Waals surface area contributed by atoms with Crippen molar-refractivity contribution in [3.63, 3.8) is 0 Å². The number of hydrogen-bond donors (Lipinski definition) is 3. The molecule has 1 aromatic heterocycles. The van der Waals surface area contributed by atoms with Crippen LogP contribution in [-0.2, 0) is 18.4 Å². The number of alkyl halides is 3. The summed E-state index contributed by atoms with van der Waals surface area (Å²) < 4.78 is 41.5. The fraction of sp³-hybridized carbons (Fsp3) is 0.545. The zero-order valence-electron chi connectivity index (χ0n) is 26.3. The highest BCUT2D eigenvalue weighted by Crippen LogP contribution is 2.47. The molecule has 2 aromatic carbocycles. The molecule has 8 nitrogen and oxygen atoms in total. The lowest BCUT2D eigenvalue weighted by Crippen LogP contribution is -2.40. The molecule has 1 aliphatic heterocycles. The predicted molar refractivity (Wildman–Crippen MR) is 175 cm³/mol. The van der Waals surface area contributed by atoms with E-state index in [1.807, 2.05) is 38.5 Å². The van der Waals surface area contributed by atoms with Crippen molar-refractivity contribution in [1.29, 1.82) is 0 Å². The van der Waals surface area contributed by atoms with Gasteiger partial charge in [0.05, 0.1) is 43.9 Å². The summed E-state index contributed by atoms with van der Waals surface area (Å²) in [5, 5.41) is 9.92. The summed E-state index contributed by atoms with van der Waals surface area (Å²) in [5.74, 6) is -0.0239. The van der Waals surface area contributed by atoms with Crippen LogP contribution in [0.3, 0.4) is 0 Å². The van der Waals surface area contributed by atoms with E-state index >= 15 is 0 Å². The number of rotatable bonds is 7. The summed E-state index contributed by atoms with van der Waals surface area (Å²) in [4.78, 5) is 33.2. The van der Waals surface area contributed by atoms with Crippen molar-refractivity contribution >= 4 is 63.4 Å². The average molecular weight is 680 g/mol. The van der Waals surface area contributed by atoms with Gasteiger partial charge in [-0.3, -0.25) is 9.59 Å². The number of anilines is 3. The lowest BCUT2D eigenvalue weighted by molar-refractivity contribution is -0.182. The molecule has 2 unspecified atom stereocenters. The number of fused-ring (bicyclic) bond motifs is 2. The Kier molecular flexibility index (Phi) is 8.63. The normalized spacial score (nSPS) is 22.9. The average Bonchev–Trinajstić information content (AvgIpc) is 3.47. The summed E-state index contributed by atoms with van der Waals surface area (Å²) in [6.45, 7) is 7.45. The third-order valence-electron chi connectivity index (χ3n) is 9.62. The number of nitrogens with one attached hydrogen (secondary N) is 3. The van der Waals surface area contributed by atoms with E-state index < -0.39 is 17.5 Å². The largest absolute Gasteiger partial charge is 0.391 e. The highest BCUT2D eigenvalue weighted by Gasteiger charge is 2.46. The van der Waals surface area contributed by atoms with Gasteiger partial charge in [0.2, 0.25) is 11.9 Å². The number of piperidine rings is 1. The molecule has 2 atom stereocenters. The minimum Gasteiger partial charge on any atom is -0.370 e. The number of hydrogen-bond acceptors (Lipinski definition) is 5. The highest BCUT2D eigenvalue weighted by molar-refractivity contribution is 6.39. The van der Waals surface area contributed by atoms with Crippen LogP contribution < -0.4 is 20.9 Å². The van der Waals surface area contributed by atoms with Crippen LogP contribution in [0, 0.1) is 23.2 Å². The van der Waals surface area contributed by atoms with E-state index in [4.69, 9.17) is 28.2 Å². The lowest BCUT2D eigenvalue weighted by atomic mass is 9.85. The van der Waals surface area contributed by atoms with Crippen molar-refractivity contribution in [2.75, 3.05) is 23.3 Å². The van der Waals surface area contributed by atoms with Gasteiger partial charge in [-0.2, -0.15) is 13.2 Å². The molecule has 2 saturated carbocycles. The predicted octanol–water partition coefficient (Wildman–Crippen LogP) is 7.59. The first-order valence-corrected chi connectivity index (χ1v) is 16.5. The summed E-state index contributed by atoms with van der Waals surface area (Å²) >= 11 is 13.3. The van der Waals surface area contributed by atoms with Crippen LogP contribution in [0.25, 0.3) is 11.0 Å². The number of nitrogens with zero attached hydrogens (tertiary/aromatic N) is 3. The van der Waals surface area contributed by atoms with Crippen LogP contribution in [0.2, 0.25) is 10.0 Å². The van der Waals surface area contributed by atoms with Gasteiger partial charge >= 0.3 is 6.18 Å². The summed E-state index contributed by atoms with van der Waals surface area (Å²) in [6.07, 6.45) is -2.39. The van der Waals surface area contributed by atoms with E-state index in [1.54, 1.807) is 18.2 Å². The third kappa shape index (κ3) is 6.63. The number of carbonyl (C=O) groups is 2. The van der Waals surface area contributed by atoms with Gasteiger partial charge in [0.1, 0.15) is 0 Å². The van der Waals surface area contributed by atoms with Gasteiger partial charge in [0.15, 0.2) is 0 Å². The maximum absolute atomic E-state index is 13.7. The monoisotopic (exact) mass is 678 g/mol. The standard InChI is InChI=1S/C33H39Cl2F3N6O2/c1-32(2,3)30(46)39-14-17-5-10-23(34)28(27(17)35)42-31-41-24-12-22(29(45)40-21-8-6-20(7-9-21)33(36,37)38)25(13-26(24)43(31)4)44-15-18-11-19(18)16-44/h5,10,12-13,18-21H,6-9,11,14-16H2,1-4H3,(H,39,46)(H,40,45)(H,41,42)/t18?,19?,20-,21+. The molecule has 2 aliphatic carbocycles. The van der Waals surface area contributed by atoms with Crippen molar-refractivity contribution in [2.24, 2.45) is 30.2 Å². The van der Waals surface area contributed by atoms with Crippen molar-refractivity contribution in [2.45, 2.75) is 71.6 Å². The molecule has 13 heteroatoms. The molecule has 0 spiro atoms. The molecule has 3 fully saturated rings. The zero-order valence-corrected chi connectivity index (χ0v) is 27.8. The molecule has 2 heterocycles. The number of imidazole rings is 1. The molecular formula is C33H39Cl2F3N6O2. The van der Waals surface area contributed by atoms with Gasteiger partial charge < -0.3 is 25.4 Å². The Hall–Kier alpha value is -3.18. The van der Waals surface area contributed by atoms with E-state index in [0.717, 1.165) is 24.3 Å². The zero-order chi connectivity index (χ0) is 33.1. The first-order valence-electron chi connectivity index (χ1n) is 15.8. The molecule has 3 aliphatic rings. The van der Waals surface area contributed by atoms with Crippen LogP contribution in [0.4, 0.5) is 30.5 Å². The van der Waals surface area contributed by atoms with Crippen LogP contribution in [-0.4, -0.2) is 46.7 Å². The van der Waals surface area contributed by atoms with Gasteiger partial charge in [-0.25, -0.2) is 4.98 Å². The van der Waals surface area contributed by atoms with E-state index in [-0.39, 0.29) is 37.2 Å². The number of carbonyl (C=O) groups excluding carboxylic acids is 2. The van der Waals surface area contributed by atoms with E-state index in [2.05, 4.69) is 20.9 Å². The molecule has 0 radical (unpaired) electrons. The first kappa shape index (κ1) is 32.7. The first-order chi connectivity index (χ1) is 21.6. The molecular weight excluding hydrogens is 640 g/mol. The van der Waals surface area contributed by atoms with E-state index in [1.165, 1.54) is 6.42 Å². The second-order valence-electron chi connectivity index (χ2n) is 14.0. The molecule has 6 rings (SSSR count). The number of amides is 2. The fourth-order valence-corrected chi connectivity index (χ4v) is 7.14. The Balaban J connectivity index is 1.27. The minimum atomic E-state index is -4.20. The molecule has 3 aromatic rings. The third-order valence-corrected chi connectivity index (χ3v) is 10.4. The Morgan fingerprint density at radius 3 is 2.33 bits per heavy atom. The van der Waals surface area contributed by atoms with Crippen LogP contribution >= 0.6 is 23.2 Å². The second-order valence-corrected chi connectivity index (χ2v) is 14.8. The summed E-state index contributed by atoms with van der Waals surface area (Å²) in [7, 11) is 1.86. The smallest absolute Gasteiger partial charge is 0.370 e. The van der Waals surface area contributed by atoms with Gasteiger partial charge in [-0.05, 0) is 67.7 Å². The lowest BCUT2D eigenvalue weighted by Gasteiger charge is -2.31. The van der Waals surface area contributed by atoms with E-state index in [9.17, 15) is 22.8 Å². The molecule has 46 heavy (non-hydrogen) atoms. The van der Waals surface area contributed by atoms with Crippen molar-refractivity contribution in [3.8, 4) is 0 Å². The minimum absolute atomic E-state index is 0.0143. The van der Waals surface area contributed by atoms with Gasteiger partial charge in [-0.15, -0.1) is 0 Å². The fourth-order valence-electron chi connectivity index (χ4n) is 6.60. The number of aryl methyl sites for hydroxylation is 1. The Labute approximate surface area is 276 Å². The molecule has 3 N–H and O–H groups in total. The van der Waals surface area contributed by atoms with Crippen molar-refractivity contribution in [1.82, 2.24) is 20.2 Å². The van der Waals surface area contributed by atoms with Crippen LogP contribution in [0.15, 0.2) is 24.3 Å². The van der Waals surface area contributed by atoms with Crippen molar-refractivity contribution in [3.05, 3.63) is 45.4 Å². The SMILES string of the molecule is Cn1c(Nc2c(Cl)ccc(CNC(=O)C(C)(C)C)c2Cl)nc2cc(C(=O)N[C@H]3CC[C@@H](C(F)(F)F)CC3)c(N3CC4CC4C3)cc21. The molecule has 2 amide bonds. The quantitative estimate of drug-likeness (QED) is 0.240. The summed E-state index contributed by atoms with van der Waals surface area (Å²) in [6, 6.07) is 6.89. The topological polar surface area (TPSA) is 91.3 Å². The highest BCUT2D eigenvalue weighted by atomic mass is 35.5. The van der Waals surface area contributed by atoms with Crippen LogP contribution in [0.1, 0.15) is 68.8 Å². The van der Waals surface area contributed by atoms with E-state index in [0.29, 0.717) is 63.0 Å². The molecule has 0 bridgehead atoms. The van der Waals surface area contributed by atoms with Gasteiger partial charge in [0, 0.05) is 38.1 Å². The number of benzene rings is 2. The number of aromatic nitrogens is 2. The van der Waals surface area contributed by atoms with Gasteiger partial charge in [0.25, 0.3) is 5.91 Å². The van der Waals surface area contributed by atoms with Crippen molar-refractivity contribution < 1.29 is 22.8 Å². The van der Waals surface area contributed by atoms with Crippen LogP contribution in [0.5, 0.6) is 0 Å². The summed E-state index contributed by atoms with van der Waals surface area (Å²) in [5.41, 5.74) is 3.20. The Morgan fingerprint density at radius 1 is 1.02 bits per heavy atom. The Bertz CT molecular complexity index is 1670. The number of halogens is 5.